The number of ether oxygens (including phenoxy) is 1. The summed E-state index contributed by atoms with van der Waals surface area (Å²) in [6, 6.07) is 19.1. The van der Waals surface area contributed by atoms with Gasteiger partial charge in [0.15, 0.2) is 0 Å². The minimum Gasteiger partial charge on any atom is -0.493 e. The lowest BCUT2D eigenvalue weighted by atomic mass is 10.0. The van der Waals surface area contributed by atoms with Gasteiger partial charge in [0.2, 0.25) is 11.8 Å². The summed E-state index contributed by atoms with van der Waals surface area (Å²) in [5, 5.41) is 6.86. The molecule has 0 aliphatic rings. The molecular weight excluding hydrogens is 420 g/mol. The highest BCUT2D eigenvalue weighted by Crippen LogP contribution is 2.27. The van der Waals surface area contributed by atoms with E-state index in [1.807, 2.05) is 66.7 Å². The number of nitrogens with two attached hydrogens (primary N) is 2. The van der Waals surface area contributed by atoms with Crippen molar-refractivity contribution in [3.63, 3.8) is 0 Å². The largest absolute Gasteiger partial charge is 0.493 e. The zero-order valence-electron chi connectivity index (χ0n) is 18.3. The smallest absolute Gasteiger partial charge is 0.318 e. The lowest BCUT2D eigenvalue weighted by Gasteiger charge is -2.14. The fraction of sp³-hybridized carbons (Fsp3) is 0.240. The van der Waals surface area contributed by atoms with Gasteiger partial charge in [-0.05, 0) is 41.3 Å². The van der Waals surface area contributed by atoms with Crippen molar-refractivity contribution in [2.45, 2.75) is 25.3 Å². The third kappa shape index (κ3) is 7.05. The second kappa shape index (κ2) is 11.6. The van der Waals surface area contributed by atoms with Crippen LogP contribution in [0.4, 0.5) is 4.79 Å². The molecule has 3 aromatic carbocycles. The van der Waals surface area contributed by atoms with E-state index in [1.54, 1.807) is 0 Å². The maximum Gasteiger partial charge on any atom is 0.318 e. The van der Waals surface area contributed by atoms with Gasteiger partial charge >= 0.3 is 6.03 Å². The highest BCUT2D eigenvalue weighted by molar-refractivity contribution is 5.95. The molecule has 172 valence electrons. The summed E-state index contributed by atoms with van der Waals surface area (Å²) in [7, 11) is 0. The standard InChI is InChI=1S/C25H28N4O4/c26-23(17-8-2-1-3-9-17)24(31)28-12-6-7-13-33-21-15-19-11-5-4-10-18(19)14-20(21)16-22(30)29-25(27)32/h1-5,8-11,14-15,23H,6-7,12-13,16,26H2,(H,28,31)(H3,27,29,30,32)/t23-/m0/s1. The number of hydrogen-bond donors (Lipinski definition) is 4. The zero-order chi connectivity index (χ0) is 23.6. The van der Waals surface area contributed by atoms with Crippen LogP contribution in [-0.2, 0) is 16.0 Å². The zero-order valence-corrected chi connectivity index (χ0v) is 18.3. The van der Waals surface area contributed by atoms with Crippen LogP contribution in [0.1, 0.15) is 30.0 Å². The van der Waals surface area contributed by atoms with E-state index >= 15 is 0 Å². The van der Waals surface area contributed by atoms with Gasteiger partial charge in [-0.3, -0.25) is 14.9 Å². The molecule has 0 bridgehead atoms. The van der Waals surface area contributed by atoms with Gasteiger partial charge in [-0.1, -0.05) is 54.6 Å². The minimum absolute atomic E-state index is 0.0312. The Morgan fingerprint density at radius 1 is 0.909 bits per heavy atom. The van der Waals surface area contributed by atoms with E-state index in [9.17, 15) is 14.4 Å². The van der Waals surface area contributed by atoms with Crippen molar-refractivity contribution in [3.8, 4) is 5.75 Å². The number of amides is 4. The Morgan fingerprint density at radius 2 is 1.58 bits per heavy atom. The molecule has 0 aliphatic carbocycles. The Bertz CT molecular complexity index is 1120. The summed E-state index contributed by atoms with van der Waals surface area (Å²) < 4.78 is 5.94. The SMILES string of the molecule is NC(=O)NC(=O)Cc1cc2ccccc2cc1OCCCCNC(=O)[C@@H](N)c1ccccc1. The number of nitrogens with one attached hydrogen (secondary N) is 2. The van der Waals surface area contributed by atoms with Crippen molar-refractivity contribution < 1.29 is 19.1 Å². The number of rotatable bonds is 10. The molecule has 8 nitrogen and oxygen atoms in total. The molecular formula is C25H28N4O4. The summed E-state index contributed by atoms with van der Waals surface area (Å²) in [4.78, 5) is 35.2. The number of carbonyl (C=O) groups is 3. The first-order chi connectivity index (χ1) is 15.9. The van der Waals surface area contributed by atoms with Gasteiger partial charge in [-0.15, -0.1) is 0 Å². The van der Waals surface area contributed by atoms with Crippen LogP contribution in [-0.4, -0.2) is 31.0 Å². The van der Waals surface area contributed by atoms with Crippen LogP contribution in [0.25, 0.3) is 10.8 Å². The molecule has 1 atom stereocenters. The molecule has 8 heteroatoms. The molecule has 6 N–H and O–H groups in total. The Morgan fingerprint density at radius 3 is 2.27 bits per heavy atom. The van der Waals surface area contributed by atoms with Crippen molar-refractivity contribution in [2.75, 3.05) is 13.2 Å². The van der Waals surface area contributed by atoms with E-state index in [0.717, 1.165) is 16.3 Å². The quantitative estimate of drug-likeness (QED) is 0.353. The van der Waals surface area contributed by atoms with Crippen LogP contribution in [0.3, 0.4) is 0 Å². The number of hydrogen-bond acceptors (Lipinski definition) is 5. The predicted molar refractivity (Wildman–Crippen MR) is 126 cm³/mol. The van der Waals surface area contributed by atoms with Gasteiger partial charge < -0.3 is 21.5 Å². The normalized spacial score (nSPS) is 11.5. The fourth-order valence-electron chi connectivity index (χ4n) is 3.44. The third-order valence-corrected chi connectivity index (χ3v) is 5.11. The van der Waals surface area contributed by atoms with Crippen molar-refractivity contribution in [3.05, 3.63) is 77.9 Å². The molecule has 0 saturated carbocycles. The van der Waals surface area contributed by atoms with Gasteiger partial charge in [0.05, 0.1) is 13.0 Å². The molecule has 0 fully saturated rings. The van der Waals surface area contributed by atoms with Crippen LogP contribution >= 0.6 is 0 Å². The fourth-order valence-corrected chi connectivity index (χ4v) is 3.44. The predicted octanol–water partition coefficient (Wildman–Crippen LogP) is 2.55. The number of fused-ring (bicyclic) bond motifs is 1. The Kier molecular flexibility index (Phi) is 8.37. The topological polar surface area (TPSA) is 137 Å². The molecule has 0 spiro atoms. The van der Waals surface area contributed by atoms with Gasteiger partial charge in [0.1, 0.15) is 11.8 Å². The summed E-state index contributed by atoms with van der Waals surface area (Å²) in [6.07, 6.45) is 1.37. The highest BCUT2D eigenvalue weighted by atomic mass is 16.5. The van der Waals surface area contributed by atoms with Gasteiger partial charge in [0, 0.05) is 12.1 Å². The first-order valence-electron chi connectivity index (χ1n) is 10.8. The molecule has 0 unspecified atom stereocenters. The number of carbonyl (C=O) groups excluding carboxylic acids is 3. The average Bonchev–Trinajstić information content (AvgIpc) is 2.80. The third-order valence-electron chi connectivity index (χ3n) is 5.11. The maximum absolute atomic E-state index is 12.2. The number of unbranched alkanes of at least 4 members (excludes halogenated alkanes) is 1. The summed E-state index contributed by atoms with van der Waals surface area (Å²) in [5.74, 6) is -0.150. The lowest BCUT2D eigenvalue weighted by Crippen LogP contribution is -2.36. The van der Waals surface area contributed by atoms with Gasteiger partial charge in [-0.25, -0.2) is 4.79 Å². The molecule has 3 rings (SSSR count). The van der Waals surface area contributed by atoms with Crippen molar-refractivity contribution >= 4 is 28.6 Å². The van der Waals surface area contributed by atoms with E-state index in [2.05, 4.69) is 10.6 Å². The molecule has 4 amide bonds. The maximum atomic E-state index is 12.2. The summed E-state index contributed by atoms with van der Waals surface area (Å²) in [6.45, 7) is 0.887. The molecule has 0 saturated heterocycles. The van der Waals surface area contributed by atoms with Crippen LogP contribution in [0, 0.1) is 0 Å². The second-order valence-electron chi connectivity index (χ2n) is 7.63. The molecule has 0 radical (unpaired) electrons. The number of urea groups is 1. The van der Waals surface area contributed by atoms with E-state index in [4.69, 9.17) is 16.2 Å². The summed E-state index contributed by atoms with van der Waals surface area (Å²) in [5.41, 5.74) is 12.5. The van der Waals surface area contributed by atoms with E-state index in [1.165, 1.54) is 0 Å². The van der Waals surface area contributed by atoms with Gasteiger partial charge in [-0.2, -0.15) is 0 Å². The molecule has 0 aliphatic heterocycles. The molecule has 33 heavy (non-hydrogen) atoms. The highest BCUT2D eigenvalue weighted by Gasteiger charge is 2.15. The molecule has 0 aromatic heterocycles. The van der Waals surface area contributed by atoms with Gasteiger partial charge in [0.25, 0.3) is 0 Å². The van der Waals surface area contributed by atoms with Crippen LogP contribution < -0.4 is 26.8 Å². The first kappa shape index (κ1) is 23.7. The summed E-state index contributed by atoms with van der Waals surface area (Å²) >= 11 is 0. The van der Waals surface area contributed by atoms with Crippen LogP contribution in [0.15, 0.2) is 66.7 Å². The van der Waals surface area contributed by atoms with E-state index in [0.29, 0.717) is 37.3 Å². The first-order valence-corrected chi connectivity index (χ1v) is 10.8. The number of imide groups is 1. The van der Waals surface area contributed by atoms with E-state index in [-0.39, 0.29) is 12.3 Å². The van der Waals surface area contributed by atoms with Crippen molar-refractivity contribution in [2.24, 2.45) is 11.5 Å². The Hall–Kier alpha value is -3.91. The number of primary amides is 1. The molecule has 3 aromatic rings. The second-order valence-corrected chi connectivity index (χ2v) is 7.63. The van der Waals surface area contributed by atoms with Crippen molar-refractivity contribution in [1.29, 1.82) is 0 Å². The van der Waals surface area contributed by atoms with Crippen LogP contribution in [0.5, 0.6) is 5.75 Å². The minimum atomic E-state index is -0.891. The van der Waals surface area contributed by atoms with E-state index < -0.39 is 18.0 Å². The Balaban J connectivity index is 1.51. The number of benzene rings is 3. The monoisotopic (exact) mass is 448 g/mol. The van der Waals surface area contributed by atoms with Crippen LogP contribution in [0.2, 0.25) is 0 Å². The lowest BCUT2D eigenvalue weighted by molar-refractivity contribution is -0.122. The molecule has 0 heterocycles. The Labute approximate surface area is 192 Å². The average molecular weight is 449 g/mol. The van der Waals surface area contributed by atoms with Crippen molar-refractivity contribution in [1.82, 2.24) is 10.6 Å².